The molecule has 1 unspecified atom stereocenters. The zero-order chi connectivity index (χ0) is 18.4. The highest BCUT2D eigenvalue weighted by molar-refractivity contribution is 5.74. The average molecular weight is 353 g/mol. The first kappa shape index (κ1) is 17.8. The number of carbonyl (C=O) groups is 1. The topological polar surface area (TPSA) is 85.4 Å². The molecule has 136 valence electrons. The summed E-state index contributed by atoms with van der Waals surface area (Å²) in [5.41, 5.74) is 0.598. The van der Waals surface area contributed by atoms with Crippen LogP contribution in [-0.2, 0) is 6.42 Å². The summed E-state index contributed by atoms with van der Waals surface area (Å²) in [6.07, 6.45) is 4.96. The molecule has 2 aromatic rings. The number of nitriles is 1. The molecule has 0 aromatic carbocycles. The van der Waals surface area contributed by atoms with Gasteiger partial charge in [-0.25, -0.2) is 9.78 Å². The fourth-order valence-corrected chi connectivity index (χ4v) is 2.99. The van der Waals surface area contributed by atoms with Crippen LogP contribution in [0.15, 0.2) is 41.1 Å². The number of piperazine rings is 1. The smallest absolute Gasteiger partial charge is 0.317 e. The summed E-state index contributed by atoms with van der Waals surface area (Å²) in [5, 5.41) is 12.1. The molecule has 0 bridgehead atoms. The number of pyridine rings is 1. The molecule has 1 atom stereocenters. The molecule has 2 amide bonds. The van der Waals surface area contributed by atoms with Gasteiger partial charge in [0.15, 0.2) is 0 Å². The number of hydrogen-bond acceptors (Lipinski definition) is 5. The fourth-order valence-electron chi connectivity index (χ4n) is 2.99. The molecule has 3 heterocycles. The van der Waals surface area contributed by atoms with Gasteiger partial charge in [-0.05, 0) is 37.6 Å². The van der Waals surface area contributed by atoms with Crippen LogP contribution in [0.3, 0.4) is 0 Å². The van der Waals surface area contributed by atoms with Crippen molar-refractivity contribution in [3.05, 3.63) is 48.0 Å². The lowest BCUT2D eigenvalue weighted by molar-refractivity contribution is 0.190. The van der Waals surface area contributed by atoms with Crippen LogP contribution in [0.4, 0.5) is 10.6 Å². The van der Waals surface area contributed by atoms with Gasteiger partial charge in [0.05, 0.1) is 17.9 Å². The molecule has 0 spiro atoms. The first-order chi connectivity index (χ1) is 12.7. The molecule has 26 heavy (non-hydrogen) atoms. The Kier molecular flexibility index (Phi) is 5.74. The maximum Gasteiger partial charge on any atom is 0.317 e. The van der Waals surface area contributed by atoms with E-state index in [9.17, 15) is 4.79 Å². The van der Waals surface area contributed by atoms with Gasteiger partial charge in [-0.15, -0.1) is 0 Å². The van der Waals surface area contributed by atoms with Crippen molar-refractivity contribution in [1.82, 2.24) is 15.2 Å². The van der Waals surface area contributed by atoms with Crippen LogP contribution in [0.1, 0.15) is 24.7 Å². The zero-order valence-corrected chi connectivity index (χ0v) is 14.9. The lowest BCUT2D eigenvalue weighted by atomic mass is 10.1. The largest absolute Gasteiger partial charge is 0.469 e. The fraction of sp³-hybridized carbons (Fsp3) is 0.421. The average Bonchev–Trinajstić information content (AvgIpc) is 3.20. The monoisotopic (exact) mass is 353 g/mol. The maximum atomic E-state index is 12.4. The van der Waals surface area contributed by atoms with Gasteiger partial charge >= 0.3 is 6.03 Å². The molecule has 2 aromatic heterocycles. The quantitative estimate of drug-likeness (QED) is 0.892. The Morgan fingerprint density at radius 2 is 2.19 bits per heavy atom. The summed E-state index contributed by atoms with van der Waals surface area (Å²) >= 11 is 0. The van der Waals surface area contributed by atoms with Crippen molar-refractivity contribution in [2.24, 2.45) is 0 Å². The second-order valence-electron chi connectivity index (χ2n) is 6.46. The Morgan fingerprint density at radius 1 is 1.38 bits per heavy atom. The molecule has 1 aliphatic heterocycles. The first-order valence-electron chi connectivity index (χ1n) is 8.84. The number of urea groups is 1. The van der Waals surface area contributed by atoms with Crippen LogP contribution in [0.5, 0.6) is 0 Å². The molecule has 7 nitrogen and oxygen atoms in total. The SMILES string of the molecule is CC(CCc1ccco1)NC(=O)N1CCN(c2cc(C#N)ccn2)CC1. The summed E-state index contributed by atoms with van der Waals surface area (Å²) in [5.74, 6) is 1.72. The number of rotatable bonds is 5. The van der Waals surface area contributed by atoms with Crippen LogP contribution < -0.4 is 10.2 Å². The number of aryl methyl sites for hydroxylation is 1. The number of furan rings is 1. The van der Waals surface area contributed by atoms with Crippen LogP contribution in [-0.4, -0.2) is 48.1 Å². The third kappa shape index (κ3) is 4.54. The van der Waals surface area contributed by atoms with Crippen molar-refractivity contribution >= 4 is 11.8 Å². The highest BCUT2D eigenvalue weighted by Crippen LogP contribution is 2.15. The highest BCUT2D eigenvalue weighted by Gasteiger charge is 2.23. The Balaban J connectivity index is 1.45. The van der Waals surface area contributed by atoms with Gasteiger partial charge in [0.25, 0.3) is 0 Å². The highest BCUT2D eigenvalue weighted by atomic mass is 16.3. The van der Waals surface area contributed by atoms with Crippen LogP contribution in [0.2, 0.25) is 0 Å². The number of amides is 2. The van der Waals surface area contributed by atoms with Crippen molar-refractivity contribution in [2.45, 2.75) is 25.8 Å². The van der Waals surface area contributed by atoms with Crippen LogP contribution in [0, 0.1) is 11.3 Å². The maximum absolute atomic E-state index is 12.4. The number of anilines is 1. The van der Waals surface area contributed by atoms with E-state index < -0.39 is 0 Å². The van der Waals surface area contributed by atoms with Gasteiger partial charge in [0, 0.05) is 44.8 Å². The molecule has 0 saturated carbocycles. The molecule has 1 saturated heterocycles. The zero-order valence-electron chi connectivity index (χ0n) is 14.9. The molecular weight excluding hydrogens is 330 g/mol. The molecular formula is C19H23N5O2. The van der Waals surface area contributed by atoms with E-state index >= 15 is 0 Å². The van der Waals surface area contributed by atoms with Gasteiger partial charge in [-0.2, -0.15) is 5.26 Å². The second-order valence-corrected chi connectivity index (χ2v) is 6.46. The summed E-state index contributed by atoms with van der Waals surface area (Å²) in [6.45, 7) is 4.69. The molecule has 1 fully saturated rings. The second kappa shape index (κ2) is 8.39. The minimum Gasteiger partial charge on any atom is -0.469 e. The first-order valence-corrected chi connectivity index (χ1v) is 8.84. The predicted molar refractivity (Wildman–Crippen MR) is 97.8 cm³/mol. The lowest BCUT2D eigenvalue weighted by Gasteiger charge is -2.36. The Hall–Kier alpha value is -3.01. The molecule has 1 aliphatic rings. The minimum absolute atomic E-state index is 0.0321. The van der Waals surface area contributed by atoms with E-state index in [1.165, 1.54) is 0 Å². The summed E-state index contributed by atoms with van der Waals surface area (Å²) in [6, 6.07) is 9.48. The van der Waals surface area contributed by atoms with E-state index in [-0.39, 0.29) is 12.1 Å². The Bertz CT molecular complexity index is 760. The number of hydrogen-bond donors (Lipinski definition) is 1. The summed E-state index contributed by atoms with van der Waals surface area (Å²) < 4.78 is 5.32. The molecule has 0 radical (unpaired) electrons. The minimum atomic E-state index is -0.0321. The van der Waals surface area contributed by atoms with Gasteiger partial charge in [-0.3, -0.25) is 0 Å². The molecule has 0 aliphatic carbocycles. The van der Waals surface area contributed by atoms with Crippen LogP contribution >= 0.6 is 0 Å². The van der Waals surface area contributed by atoms with Crippen molar-refractivity contribution in [3.63, 3.8) is 0 Å². The van der Waals surface area contributed by atoms with Gasteiger partial charge in [0.1, 0.15) is 11.6 Å². The standard InChI is InChI=1S/C19H23N5O2/c1-15(4-5-17-3-2-12-26-17)22-19(25)24-10-8-23(9-11-24)18-13-16(14-20)6-7-21-18/h2-3,6-7,12-13,15H,4-5,8-11H2,1H3,(H,22,25). The number of nitrogens with one attached hydrogen (secondary N) is 1. The van der Waals surface area contributed by atoms with Gasteiger partial charge in [0.2, 0.25) is 0 Å². The van der Waals surface area contributed by atoms with E-state index in [1.54, 1.807) is 24.6 Å². The predicted octanol–water partition coefficient (Wildman–Crippen LogP) is 2.40. The lowest BCUT2D eigenvalue weighted by Crippen LogP contribution is -2.53. The van der Waals surface area contributed by atoms with E-state index in [0.717, 1.165) is 24.4 Å². The van der Waals surface area contributed by atoms with E-state index in [0.29, 0.717) is 31.7 Å². The van der Waals surface area contributed by atoms with E-state index in [2.05, 4.69) is 21.3 Å². The van der Waals surface area contributed by atoms with E-state index in [4.69, 9.17) is 9.68 Å². The normalized spacial score (nSPS) is 15.4. The summed E-state index contributed by atoms with van der Waals surface area (Å²) in [4.78, 5) is 20.7. The van der Waals surface area contributed by atoms with Crippen molar-refractivity contribution in [1.29, 1.82) is 5.26 Å². The number of nitrogens with zero attached hydrogens (tertiary/aromatic N) is 4. The van der Waals surface area contributed by atoms with Crippen molar-refractivity contribution in [2.75, 3.05) is 31.1 Å². The number of aromatic nitrogens is 1. The third-order valence-corrected chi connectivity index (χ3v) is 4.54. The van der Waals surface area contributed by atoms with Gasteiger partial charge < -0.3 is 19.5 Å². The van der Waals surface area contributed by atoms with Crippen molar-refractivity contribution in [3.8, 4) is 6.07 Å². The van der Waals surface area contributed by atoms with Gasteiger partial charge in [-0.1, -0.05) is 0 Å². The Labute approximate surface area is 153 Å². The number of carbonyl (C=O) groups excluding carboxylic acids is 1. The van der Waals surface area contributed by atoms with Crippen LogP contribution in [0.25, 0.3) is 0 Å². The Morgan fingerprint density at radius 3 is 2.88 bits per heavy atom. The molecule has 1 N–H and O–H groups in total. The van der Waals surface area contributed by atoms with E-state index in [1.807, 2.05) is 24.0 Å². The summed E-state index contributed by atoms with van der Waals surface area (Å²) in [7, 11) is 0. The van der Waals surface area contributed by atoms with Crippen molar-refractivity contribution < 1.29 is 9.21 Å². The molecule has 3 rings (SSSR count). The molecule has 7 heteroatoms. The third-order valence-electron chi connectivity index (χ3n) is 4.54.